The van der Waals surface area contributed by atoms with Crippen molar-refractivity contribution in [1.29, 1.82) is 0 Å². The van der Waals surface area contributed by atoms with Crippen LogP contribution in [0.1, 0.15) is 18.1 Å². The lowest BCUT2D eigenvalue weighted by molar-refractivity contribution is -0.385. The summed E-state index contributed by atoms with van der Waals surface area (Å²) in [6.07, 6.45) is 0. The molecular weight excluding hydrogens is 226 g/mol. The molecule has 0 heterocycles. The highest BCUT2D eigenvalue weighted by Gasteiger charge is 2.12. The Morgan fingerprint density at radius 3 is 2.71 bits per heavy atom. The molecule has 7 heteroatoms. The number of hydrogen-bond donors (Lipinski definition) is 1. The number of carbonyl (C=O) groups is 1. The molecule has 17 heavy (non-hydrogen) atoms. The van der Waals surface area contributed by atoms with E-state index in [-0.39, 0.29) is 11.5 Å². The van der Waals surface area contributed by atoms with Gasteiger partial charge in [-0.05, 0) is 6.92 Å². The first-order valence-corrected chi connectivity index (χ1v) is 4.68. The van der Waals surface area contributed by atoms with E-state index < -0.39 is 10.9 Å². The standard InChI is InChI=1S/C10H11N3O4/c1-6-3-4-8(5-9(6)13(15)16)10(11)12-17-7(2)14/h3-5H,1-2H3,(H2,11,12). The Hall–Kier alpha value is -2.44. The minimum Gasteiger partial charge on any atom is -0.380 e. The van der Waals surface area contributed by atoms with Gasteiger partial charge in [0.25, 0.3) is 5.69 Å². The van der Waals surface area contributed by atoms with Gasteiger partial charge in [-0.15, -0.1) is 0 Å². The predicted molar refractivity (Wildman–Crippen MR) is 60.3 cm³/mol. The molecule has 2 N–H and O–H groups in total. The lowest BCUT2D eigenvalue weighted by atomic mass is 10.1. The van der Waals surface area contributed by atoms with Gasteiger partial charge in [0.05, 0.1) is 4.92 Å². The van der Waals surface area contributed by atoms with E-state index in [2.05, 4.69) is 9.99 Å². The molecule has 1 rings (SSSR count). The number of rotatable bonds is 3. The van der Waals surface area contributed by atoms with Gasteiger partial charge in [0, 0.05) is 24.1 Å². The van der Waals surface area contributed by atoms with Crippen molar-refractivity contribution in [2.75, 3.05) is 0 Å². The average molecular weight is 237 g/mol. The third kappa shape index (κ3) is 3.26. The molecule has 1 aromatic rings. The van der Waals surface area contributed by atoms with Gasteiger partial charge in [-0.25, -0.2) is 4.79 Å². The van der Waals surface area contributed by atoms with Crippen molar-refractivity contribution >= 4 is 17.5 Å². The minimum atomic E-state index is -0.616. The van der Waals surface area contributed by atoms with Crippen LogP contribution in [0, 0.1) is 17.0 Å². The normalized spacial score (nSPS) is 11.1. The number of nitro benzene ring substituents is 1. The van der Waals surface area contributed by atoms with Crippen LogP contribution in [-0.2, 0) is 9.63 Å². The molecule has 0 bridgehead atoms. The Morgan fingerprint density at radius 2 is 2.18 bits per heavy atom. The maximum atomic E-state index is 10.7. The number of nitrogens with two attached hydrogens (primary N) is 1. The van der Waals surface area contributed by atoms with Crippen LogP contribution in [0.3, 0.4) is 0 Å². The summed E-state index contributed by atoms with van der Waals surface area (Å²) in [6, 6.07) is 4.38. The molecule has 0 saturated heterocycles. The Kier molecular flexibility index (Phi) is 3.76. The quantitative estimate of drug-likeness (QED) is 0.278. The third-order valence-corrected chi connectivity index (χ3v) is 1.97. The maximum Gasteiger partial charge on any atom is 0.332 e. The fraction of sp³-hybridized carbons (Fsp3) is 0.200. The zero-order valence-corrected chi connectivity index (χ0v) is 9.34. The monoisotopic (exact) mass is 237 g/mol. The van der Waals surface area contributed by atoms with Crippen molar-refractivity contribution in [2.24, 2.45) is 10.9 Å². The van der Waals surface area contributed by atoms with Crippen molar-refractivity contribution in [2.45, 2.75) is 13.8 Å². The van der Waals surface area contributed by atoms with Gasteiger partial charge in [0.1, 0.15) is 0 Å². The van der Waals surface area contributed by atoms with Crippen molar-refractivity contribution in [3.63, 3.8) is 0 Å². The highest BCUT2D eigenvalue weighted by Crippen LogP contribution is 2.19. The van der Waals surface area contributed by atoms with Gasteiger partial charge in [-0.3, -0.25) is 10.1 Å². The molecule has 0 unspecified atom stereocenters. The Morgan fingerprint density at radius 1 is 1.53 bits per heavy atom. The van der Waals surface area contributed by atoms with E-state index in [1.807, 2.05) is 0 Å². The number of benzene rings is 1. The fourth-order valence-electron chi connectivity index (χ4n) is 1.13. The molecule has 0 amide bonds. The van der Waals surface area contributed by atoms with Crippen LogP contribution in [0.5, 0.6) is 0 Å². The number of nitrogens with zero attached hydrogens (tertiary/aromatic N) is 2. The number of aryl methyl sites for hydroxylation is 1. The number of nitro groups is 1. The topological polar surface area (TPSA) is 108 Å². The average Bonchev–Trinajstić information content (AvgIpc) is 2.26. The van der Waals surface area contributed by atoms with Crippen molar-refractivity contribution in [3.05, 3.63) is 39.4 Å². The van der Waals surface area contributed by atoms with E-state index in [1.165, 1.54) is 13.0 Å². The zero-order chi connectivity index (χ0) is 13.0. The van der Waals surface area contributed by atoms with E-state index in [9.17, 15) is 14.9 Å². The number of carbonyl (C=O) groups excluding carboxylic acids is 1. The van der Waals surface area contributed by atoms with E-state index in [4.69, 9.17) is 5.73 Å². The summed E-state index contributed by atoms with van der Waals surface area (Å²) in [5, 5.41) is 14.0. The fourth-order valence-corrected chi connectivity index (χ4v) is 1.13. The molecular formula is C10H11N3O4. The first-order valence-electron chi connectivity index (χ1n) is 4.68. The highest BCUT2D eigenvalue weighted by atomic mass is 16.7. The second kappa shape index (κ2) is 5.06. The first kappa shape index (κ1) is 12.6. The van der Waals surface area contributed by atoms with Crippen molar-refractivity contribution in [1.82, 2.24) is 0 Å². The summed E-state index contributed by atoms with van der Waals surface area (Å²) >= 11 is 0. The van der Waals surface area contributed by atoms with Crippen LogP contribution >= 0.6 is 0 Å². The lowest BCUT2D eigenvalue weighted by Crippen LogP contribution is -2.15. The maximum absolute atomic E-state index is 10.7. The zero-order valence-electron chi connectivity index (χ0n) is 9.34. The summed E-state index contributed by atoms with van der Waals surface area (Å²) in [5.74, 6) is -0.710. The Bertz CT molecular complexity index is 496. The first-order chi connectivity index (χ1) is 7.91. The molecule has 0 aliphatic heterocycles. The molecule has 0 atom stereocenters. The number of hydrogen-bond acceptors (Lipinski definition) is 5. The molecule has 0 aliphatic carbocycles. The van der Waals surface area contributed by atoms with Crippen molar-refractivity contribution in [3.8, 4) is 0 Å². The lowest BCUT2D eigenvalue weighted by Gasteiger charge is -2.02. The van der Waals surface area contributed by atoms with Crippen LogP contribution in [0.2, 0.25) is 0 Å². The van der Waals surface area contributed by atoms with Crippen LogP contribution in [0.4, 0.5) is 5.69 Å². The van der Waals surface area contributed by atoms with Gasteiger partial charge < -0.3 is 10.6 Å². The summed E-state index contributed by atoms with van der Waals surface area (Å²) in [6.45, 7) is 2.79. The third-order valence-electron chi connectivity index (χ3n) is 1.97. The predicted octanol–water partition coefficient (Wildman–Crippen LogP) is 1.09. The van der Waals surface area contributed by atoms with Gasteiger partial charge in [-0.2, -0.15) is 0 Å². The summed E-state index contributed by atoms with van der Waals surface area (Å²) in [5.41, 5.74) is 6.28. The van der Waals surface area contributed by atoms with E-state index >= 15 is 0 Å². The Balaban J connectivity index is 3.07. The molecule has 0 spiro atoms. The van der Waals surface area contributed by atoms with Crippen LogP contribution in [-0.4, -0.2) is 16.7 Å². The Labute approximate surface area is 97.0 Å². The molecule has 0 aromatic heterocycles. The van der Waals surface area contributed by atoms with Crippen LogP contribution in [0.25, 0.3) is 0 Å². The summed E-state index contributed by atoms with van der Waals surface area (Å²) in [4.78, 5) is 25.0. The summed E-state index contributed by atoms with van der Waals surface area (Å²) < 4.78 is 0. The van der Waals surface area contributed by atoms with Gasteiger partial charge in [0.2, 0.25) is 0 Å². The smallest absolute Gasteiger partial charge is 0.332 e. The molecule has 7 nitrogen and oxygen atoms in total. The molecule has 90 valence electrons. The minimum absolute atomic E-state index is 0.0662. The van der Waals surface area contributed by atoms with Gasteiger partial charge >= 0.3 is 5.97 Å². The van der Waals surface area contributed by atoms with E-state index in [0.717, 1.165) is 0 Å². The van der Waals surface area contributed by atoms with E-state index in [0.29, 0.717) is 11.1 Å². The van der Waals surface area contributed by atoms with E-state index in [1.54, 1.807) is 19.1 Å². The largest absolute Gasteiger partial charge is 0.380 e. The molecule has 0 radical (unpaired) electrons. The molecule has 1 aromatic carbocycles. The highest BCUT2D eigenvalue weighted by molar-refractivity contribution is 5.98. The van der Waals surface area contributed by atoms with Crippen molar-refractivity contribution < 1.29 is 14.6 Å². The second-order valence-electron chi connectivity index (χ2n) is 3.32. The molecule has 0 fully saturated rings. The second-order valence-corrected chi connectivity index (χ2v) is 3.32. The number of amidine groups is 1. The van der Waals surface area contributed by atoms with Crippen LogP contribution < -0.4 is 5.73 Å². The van der Waals surface area contributed by atoms with Gasteiger partial charge in [0.15, 0.2) is 5.84 Å². The number of oxime groups is 1. The van der Waals surface area contributed by atoms with Crippen LogP contribution in [0.15, 0.2) is 23.4 Å². The molecule has 0 saturated carbocycles. The summed E-state index contributed by atoms with van der Waals surface area (Å²) in [7, 11) is 0. The SMILES string of the molecule is CC(=O)O/N=C(\N)c1ccc(C)c([N+](=O)[O-])c1. The van der Waals surface area contributed by atoms with Gasteiger partial charge in [-0.1, -0.05) is 17.3 Å². The molecule has 0 aliphatic rings.